The summed E-state index contributed by atoms with van der Waals surface area (Å²) < 4.78 is 34.4. The van der Waals surface area contributed by atoms with Crippen molar-refractivity contribution < 1.29 is 13.2 Å². The molecule has 0 spiro atoms. The van der Waals surface area contributed by atoms with Crippen molar-refractivity contribution >= 4 is 15.7 Å². The summed E-state index contributed by atoms with van der Waals surface area (Å²) in [5.41, 5.74) is 4.24. The van der Waals surface area contributed by atoms with Gasteiger partial charge in [0.05, 0.1) is 18.0 Å². The molecule has 1 aliphatic heterocycles. The van der Waals surface area contributed by atoms with Gasteiger partial charge in [-0.2, -0.15) is 0 Å². The van der Waals surface area contributed by atoms with Gasteiger partial charge in [-0.15, -0.1) is 0 Å². The number of anilines is 1. The molecule has 0 bridgehead atoms. The first-order chi connectivity index (χ1) is 16.1. The van der Waals surface area contributed by atoms with Crippen LogP contribution in [0.4, 0.5) is 5.69 Å². The van der Waals surface area contributed by atoms with E-state index in [1.54, 1.807) is 13.2 Å². The first-order valence-electron chi connectivity index (χ1n) is 11.3. The van der Waals surface area contributed by atoms with Crippen molar-refractivity contribution in [1.82, 2.24) is 4.72 Å². The van der Waals surface area contributed by atoms with Crippen molar-refractivity contribution in [3.63, 3.8) is 0 Å². The van der Waals surface area contributed by atoms with Crippen molar-refractivity contribution in [1.29, 1.82) is 0 Å². The van der Waals surface area contributed by atoms with E-state index in [1.807, 2.05) is 60.7 Å². The summed E-state index contributed by atoms with van der Waals surface area (Å²) in [6, 6.07) is 23.5. The molecule has 2 N–H and O–H groups in total. The molecule has 5 rings (SSSR count). The lowest BCUT2D eigenvalue weighted by molar-refractivity contribution is 0.381. The number of methoxy groups -OCH3 is 1. The lowest BCUT2D eigenvalue weighted by atomic mass is 9.77. The van der Waals surface area contributed by atoms with Gasteiger partial charge in [-0.1, -0.05) is 60.7 Å². The monoisotopic (exact) mass is 460 g/mol. The van der Waals surface area contributed by atoms with E-state index in [1.165, 1.54) is 0 Å². The Morgan fingerprint density at radius 3 is 2.61 bits per heavy atom. The quantitative estimate of drug-likeness (QED) is 0.485. The molecule has 0 aromatic heterocycles. The predicted octanol–water partition coefficient (Wildman–Crippen LogP) is 5.04. The first kappa shape index (κ1) is 21.7. The van der Waals surface area contributed by atoms with Crippen LogP contribution in [-0.4, -0.2) is 22.1 Å². The van der Waals surface area contributed by atoms with Crippen LogP contribution in [0.1, 0.15) is 35.1 Å². The van der Waals surface area contributed by atoms with Crippen LogP contribution < -0.4 is 14.8 Å². The highest BCUT2D eigenvalue weighted by atomic mass is 32.2. The van der Waals surface area contributed by atoms with Crippen LogP contribution in [0.5, 0.6) is 5.75 Å². The Morgan fingerprint density at radius 1 is 1.00 bits per heavy atom. The van der Waals surface area contributed by atoms with Crippen molar-refractivity contribution in [2.24, 2.45) is 5.92 Å². The van der Waals surface area contributed by atoms with Crippen LogP contribution >= 0.6 is 0 Å². The van der Waals surface area contributed by atoms with Gasteiger partial charge in [-0.05, 0) is 54.2 Å². The largest absolute Gasteiger partial charge is 0.496 e. The van der Waals surface area contributed by atoms with Crippen LogP contribution in [0.15, 0.2) is 89.8 Å². The molecular weight excluding hydrogens is 432 g/mol. The minimum atomic E-state index is -3.59. The summed E-state index contributed by atoms with van der Waals surface area (Å²) in [7, 11) is -1.89. The van der Waals surface area contributed by atoms with Crippen molar-refractivity contribution in [2.45, 2.75) is 29.7 Å². The van der Waals surface area contributed by atoms with Gasteiger partial charge in [-0.3, -0.25) is 0 Å². The average Bonchev–Trinajstić information content (AvgIpc) is 3.34. The maximum atomic E-state index is 13.0. The minimum Gasteiger partial charge on any atom is -0.496 e. The number of rotatable bonds is 7. The normalized spacial score (nSPS) is 21.2. The Balaban J connectivity index is 1.40. The maximum absolute atomic E-state index is 13.0. The molecule has 1 heterocycles. The third kappa shape index (κ3) is 4.28. The Hall–Kier alpha value is -3.09. The molecule has 3 aromatic rings. The van der Waals surface area contributed by atoms with Gasteiger partial charge >= 0.3 is 0 Å². The number of nitrogens with one attached hydrogen (secondary N) is 2. The second-order valence-electron chi connectivity index (χ2n) is 8.60. The summed E-state index contributed by atoms with van der Waals surface area (Å²) in [6.07, 6.45) is 6.01. The molecule has 6 heteroatoms. The van der Waals surface area contributed by atoms with E-state index < -0.39 is 10.0 Å². The van der Waals surface area contributed by atoms with E-state index in [0.717, 1.165) is 34.5 Å². The number of para-hydroxylation sites is 1. The average molecular weight is 461 g/mol. The van der Waals surface area contributed by atoms with Gasteiger partial charge in [0, 0.05) is 23.7 Å². The van der Waals surface area contributed by atoms with E-state index in [-0.39, 0.29) is 12.0 Å². The molecule has 5 nitrogen and oxygen atoms in total. The summed E-state index contributed by atoms with van der Waals surface area (Å²) in [5, 5.41) is 3.67. The number of hydrogen-bond donors (Lipinski definition) is 2. The molecule has 0 amide bonds. The van der Waals surface area contributed by atoms with E-state index in [2.05, 4.69) is 28.3 Å². The SMILES string of the molecule is COc1ccccc1C1Nc2ccc(S(=O)(=O)NCCc3ccccc3)cc2C2C=CCC21. The second-order valence-corrected chi connectivity index (χ2v) is 10.4. The third-order valence-corrected chi connectivity index (χ3v) is 8.13. The molecule has 3 unspecified atom stereocenters. The van der Waals surface area contributed by atoms with Gasteiger partial charge in [0.2, 0.25) is 10.0 Å². The number of benzene rings is 3. The Labute approximate surface area is 195 Å². The number of sulfonamides is 1. The van der Waals surface area contributed by atoms with Crippen LogP contribution in [0.25, 0.3) is 0 Å². The molecule has 3 aromatic carbocycles. The van der Waals surface area contributed by atoms with Crippen LogP contribution in [0.2, 0.25) is 0 Å². The lowest BCUT2D eigenvalue weighted by Gasteiger charge is -2.38. The molecule has 1 aliphatic carbocycles. The fourth-order valence-electron chi connectivity index (χ4n) is 5.03. The standard InChI is InChI=1S/C27H28N2O3S/c1-32-26-13-6-5-10-23(26)27-22-12-7-11-21(22)24-18-20(14-15-25(24)29-27)33(30,31)28-17-16-19-8-3-2-4-9-19/h2-11,13-15,18,21-22,27-29H,12,16-17H2,1H3. The zero-order valence-electron chi connectivity index (χ0n) is 18.6. The molecule has 2 aliphatic rings. The predicted molar refractivity (Wildman–Crippen MR) is 131 cm³/mol. The van der Waals surface area contributed by atoms with E-state index in [4.69, 9.17) is 4.74 Å². The Bertz CT molecular complexity index is 1270. The zero-order valence-corrected chi connectivity index (χ0v) is 19.4. The van der Waals surface area contributed by atoms with Crippen molar-refractivity contribution in [3.8, 4) is 5.75 Å². The summed E-state index contributed by atoms with van der Waals surface area (Å²) in [5.74, 6) is 1.33. The second kappa shape index (κ2) is 9.04. The Kier molecular flexibility index (Phi) is 5.96. The molecular formula is C27H28N2O3S. The van der Waals surface area contributed by atoms with Gasteiger partial charge in [0.25, 0.3) is 0 Å². The highest BCUT2D eigenvalue weighted by molar-refractivity contribution is 7.89. The molecule has 0 radical (unpaired) electrons. The van der Waals surface area contributed by atoms with Crippen molar-refractivity contribution in [2.75, 3.05) is 19.0 Å². The summed E-state index contributed by atoms with van der Waals surface area (Å²) in [4.78, 5) is 0.311. The number of fused-ring (bicyclic) bond motifs is 3. The number of hydrogen-bond acceptors (Lipinski definition) is 4. The highest BCUT2D eigenvalue weighted by Gasteiger charge is 2.39. The van der Waals surface area contributed by atoms with Crippen LogP contribution in [0.3, 0.4) is 0 Å². The molecule has 0 saturated heterocycles. The van der Waals surface area contributed by atoms with Crippen LogP contribution in [0, 0.1) is 5.92 Å². The molecule has 0 saturated carbocycles. The van der Waals surface area contributed by atoms with Crippen molar-refractivity contribution in [3.05, 3.63) is 102 Å². The van der Waals surface area contributed by atoms with E-state index >= 15 is 0 Å². The van der Waals surface area contributed by atoms with Gasteiger partial charge in [0.1, 0.15) is 5.75 Å². The van der Waals surface area contributed by atoms with Gasteiger partial charge < -0.3 is 10.1 Å². The topological polar surface area (TPSA) is 67.4 Å². The molecule has 3 atom stereocenters. The molecule has 0 fully saturated rings. The van der Waals surface area contributed by atoms with E-state index in [0.29, 0.717) is 23.8 Å². The van der Waals surface area contributed by atoms with E-state index in [9.17, 15) is 8.42 Å². The summed E-state index contributed by atoms with van der Waals surface area (Å²) >= 11 is 0. The van der Waals surface area contributed by atoms with Gasteiger partial charge in [-0.25, -0.2) is 13.1 Å². The smallest absolute Gasteiger partial charge is 0.240 e. The fourth-order valence-corrected chi connectivity index (χ4v) is 6.10. The molecule has 170 valence electrons. The number of allylic oxidation sites excluding steroid dienone is 2. The van der Waals surface area contributed by atoms with Gasteiger partial charge in [0.15, 0.2) is 0 Å². The Morgan fingerprint density at radius 2 is 1.79 bits per heavy atom. The molecule has 33 heavy (non-hydrogen) atoms. The lowest BCUT2D eigenvalue weighted by Crippen LogP contribution is -2.30. The highest BCUT2D eigenvalue weighted by Crippen LogP contribution is 2.51. The van der Waals surface area contributed by atoms with Crippen LogP contribution in [-0.2, 0) is 16.4 Å². The third-order valence-electron chi connectivity index (χ3n) is 6.67. The first-order valence-corrected chi connectivity index (χ1v) is 12.8. The minimum absolute atomic E-state index is 0.0973. The summed E-state index contributed by atoms with van der Waals surface area (Å²) in [6.45, 7) is 0.365. The maximum Gasteiger partial charge on any atom is 0.240 e. The zero-order chi connectivity index (χ0) is 22.8. The number of ether oxygens (including phenoxy) is 1. The fraction of sp³-hybridized carbons (Fsp3) is 0.259.